The largest absolute Gasteiger partial charge is 0.494 e. The van der Waals surface area contributed by atoms with Crippen LogP contribution in [0.15, 0.2) is 18.2 Å². The third kappa shape index (κ3) is 5.07. The van der Waals surface area contributed by atoms with Crippen molar-refractivity contribution >= 4 is 12.0 Å². The molecule has 19 heavy (non-hydrogen) atoms. The molecule has 1 aromatic rings. The maximum Gasteiger partial charge on any atom is 0.280 e. The fourth-order valence-electron chi connectivity index (χ4n) is 1.78. The van der Waals surface area contributed by atoms with Crippen LogP contribution < -0.4 is 4.74 Å². The SMILES string of the molecule is CCCCCCCOc1ccc([N+](=O)[O-])c(C=O)c1. The van der Waals surface area contributed by atoms with Gasteiger partial charge in [0.25, 0.3) is 5.69 Å². The number of unbranched alkanes of at least 4 members (excludes halogenated alkanes) is 4. The summed E-state index contributed by atoms with van der Waals surface area (Å²) in [4.78, 5) is 20.9. The molecule has 0 atom stereocenters. The molecule has 0 saturated carbocycles. The normalized spacial score (nSPS) is 10.2. The summed E-state index contributed by atoms with van der Waals surface area (Å²) < 4.78 is 5.48. The summed E-state index contributed by atoms with van der Waals surface area (Å²) in [5.41, 5.74) is -0.140. The zero-order valence-electron chi connectivity index (χ0n) is 11.1. The van der Waals surface area contributed by atoms with Gasteiger partial charge in [0.1, 0.15) is 5.75 Å². The quantitative estimate of drug-likeness (QED) is 0.295. The van der Waals surface area contributed by atoms with Crippen molar-refractivity contribution in [2.45, 2.75) is 39.0 Å². The molecule has 0 fully saturated rings. The lowest BCUT2D eigenvalue weighted by atomic mass is 10.1. The van der Waals surface area contributed by atoms with Gasteiger partial charge in [0.15, 0.2) is 6.29 Å². The Morgan fingerprint density at radius 1 is 1.26 bits per heavy atom. The third-order valence-corrected chi connectivity index (χ3v) is 2.84. The topological polar surface area (TPSA) is 69.4 Å². The Hall–Kier alpha value is -1.91. The highest BCUT2D eigenvalue weighted by atomic mass is 16.6. The molecule has 0 radical (unpaired) electrons. The molecule has 5 heteroatoms. The molecular weight excluding hydrogens is 246 g/mol. The fraction of sp³-hybridized carbons (Fsp3) is 0.500. The van der Waals surface area contributed by atoms with Crippen molar-refractivity contribution < 1.29 is 14.5 Å². The van der Waals surface area contributed by atoms with Crippen LogP contribution in [0.4, 0.5) is 5.69 Å². The molecule has 5 nitrogen and oxygen atoms in total. The first kappa shape index (κ1) is 15.1. The lowest BCUT2D eigenvalue weighted by Crippen LogP contribution is -1.99. The lowest BCUT2D eigenvalue weighted by molar-refractivity contribution is -0.385. The monoisotopic (exact) mass is 265 g/mol. The minimum Gasteiger partial charge on any atom is -0.494 e. The number of benzene rings is 1. The van der Waals surface area contributed by atoms with Crippen LogP contribution in [-0.4, -0.2) is 17.8 Å². The molecule has 0 amide bonds. The molecule has 0 aromatic heterocycles. The first-order chi connectivity index (χ1) is 9.19. The molecule has 0 saturated heterocycles. The maximum absolute atomic E-state index is 10.8. The van der Waals surface area contributed by atoms with E-state index in [0.717, 1.165) is 12.8 Å². The second-order valence-electron chi connectivity index (χ2n) is 4.36. The van der Waals surface area contributed by atoms with Gasteiger partial charge >= 0.3 is 0 Å². The summed E-state index contributed by atoms with van der Waals surface area (Å²) >= 11 is 0. The van der Waals surface area contributed by atoms with Gasteiger partial charge in [-0.1, -0.05) is 32.6 Å². The lowest BCUT2D eigenvalue weighted by Gasteiger charge is -2.06. The van der Waals surface area contributed by atoms with Gasteiger partial charge in [0.2, 0.25) is 0 Å². The van der Waals surface area contributed by atoms with E-state index in [1.165, 1.54) is 37.5 Å². The first-order valence-electron chi connectivity index (χ1n) is 6.55. The first-order valence-corrected chi connectivity index (χ1v) is 6.55. The number of rotatable bonds is 9. The Balaban J connectivity index is 2.47. The number of nitrogens with zero attached hydrogens (tertiary/aromatic N) is 1. The highest BCUT2D eigenvalue weighted by Gasteiger charge is 2.13. The van der Waals surface area contributed by atoms with Gasteiger partial charge < -0.3 is 4.74 Å². The molecule has 0 unspecified atom stereocenters. The number of nitro benzene ring substituents is 1. The Kier molecular flexibility index (Phi) is 6.57. The van der Waals surface area contributed by atoms with E-state index in [4.69, 9.17) is 4.74 Å². The molecule has 0 bridgehead atoms. The number of nitro groups is 1. The molecule has 0 N–H and O–H groups in total. The zero-order valence-corrected chi connectivity index (χ0v) is 11.1. The van der Waals surface area contributed by atoms with Crippen molar-refractivity contribution in [2.75, 3.05) is 6.61 Å². The third-order valence-electron chi connectivity index (χ3n) is 2.84. The summed E-state index contributed by atoms with van der Waals surface area (Å²) in [6.07, 6.45) is 6.17. The van der Waals surface area contributed by atoms with Crippen molar-refractivity contribution in [3.05, 3.63) is 33.9 Å². The van der Waals surface area contributed by atoms with E-state index < -0.39 is 4.92 Å². The van der Waals surface area contributed by atoms with E-state index in [9.17, 15) is 14.9 Å². The molecule has 104 valence electrons. The van der Waals surface area contributed by atoms with E-state index in [2.05, 4.69) is 6.92 Å². The molecule has 0 aliphatic rings. The van der Waals surface area contributed by atoms with Gasteiger partial charge in [-0.3, -0.25) is 14.9 Å². The van der Waals surface area contributed by atoms with Gasteiger partial charge in [-0.05, 0) is 18.6 Å². The average Bonchev–Trinajstić information content (AvgIpc) is 2.42. The highest BCUT2D eigenvalue weighted by Crippen LogP contribution is 2.22. The van der Waals surface area contributed by atoms with E-state index in [-0.39, 0.29) is 11.3 Å². The number of hydrogen-bond donors (Lipinski definition) is 0. The van der Waals surface area contributed by atoms with Gasteiger partial charge in [-0.2, -0.15) is 0 Å². The second-order valence-corrected chi connectivity index (χ2v) is 4.36. The van der Waals surface area contributed by atoms with Crippen molar-refractivity contribution in [1.29, 1.82) is 0 Å². The zero-order chi connectivity index (χ0) is 14.1. The number of aldehydes is 1. The van der Waals surface area contributed by atoms with Crippen LogP contribution in [0.25, 0.3) is 0 Å². The molecule has 0 aliphatic heterocycles. The highest BCUT2D eigenvalue weighted by molar-refractivity contribution is 5.82. The molecule has 0 spiro atoms. The standard InChI is InChI=1S/C14H19NO4/c1-2-3-4-5-6-9-19-13-7-8-14(15(17)18)12(10-13)11-16/h7-8,10-11H,2-6,9H2,1H3. The molecular formula is C14H19NO4. The van der Waals surface area contributed by atoms with E-state index >= 15 is 0 Å². The predicted molar refractivity (Wildman–Crippen MR) is 72.7 cm³/mol. The van der Waals surface area contributed by atoms with Crippen LogP contribution in [0, 0.1) is 10.1 Å². The van der Waals surface area contributed by atoms with Gasteiger partial charge in [-0.15, -0.1) is 0 Å². The number of carbonyl (C=O) groups excluding carboxylic acids is 1. The minimum atomic E-state index is -0.571. The Morgan fingerprint density at radius 2 is 2.00 bits per heavy atom. The van der Waals surface area contributed by atoms with Crippen LogP contribution in [0.5, 0.6) is 5.75 Å². The summed E-state index contributed by atoms with van der Waals surface area (Å²) in [5.74, 6) is 0.503. The number of ether oxygens (including phenoxy) is 1. The predicted octanol–water partition coefficient (Wildman–Crippen LogP) is 3.76. The van der Waals surface area contributed by atoms with Gasteiger partial charge in [0.05, 0.1) is 17.1 Å². The number of hydrogen-bond acceptors (Lipinski definition) is 4. The van der Waals surface area contributed by atoms with Crippen molar-refractivity contribution in [1.82, 2.24) is 0 Å². The Bertz CT molecular complexity index is 431. The number of carbonyl (C=O) groups is 1. The summed E-state index contributed by atoms with van der Waals surface area (Å²) in [6, 6.07) is 4.24. The van der Waals surface area contributed by atoms with E-state index in [1.807, 2.05) is 0 Å². The van der Waals surface area contributed by atoms with Crippen LogP contribution in [0.3, 0.4) is 0 Å². The maximum atomic E-state index is 10.8. The smallest absolute Gasteiger partial charge is 0.280 e. The van der Waals surface area contributed by atoms with Crippen LogP contribution in [-0.2, 0) is 0 Å². The second kappa shape index (κ2) is 8.24. The summed E-state index contributed by atoms with van der Waals surface area (Å²) in [6.45, 7) is 2.73. The molecule has 1 aromatic carbocycles. The summed E-state index contributed by atoms with van der Waals surface area (Å²) in [7, 11) is 0. The molecule has 0 aliphatic carbocycles. The molecule has 1 rings (SSSR count). The van der Waals surface area contributed by atoms with Crippen LogP contribution >= 0.6 is 0 Å². The van der Waals surface area contributed by atoms with Crippen molar-refractivity contribution in [3.8, 4) is 5.75 Å². The Labute approximate surface area is 112 Å². The van der Waals surface area contributed by atoms with Crippen molar-refractivity contribution in [2.24, 2.45) is 0 Å². The minimum absolute atomic E-state index is 0.0495. The van der Waals surface area contributed by atoms with Crippen LogP contribution in [0.1, 0.15) is 49.4 Å². The Morgan fingerprint density at radius 3 is 2.63 bits per heavy atom. The van der Waals surface area contributed by atoms with Crippen molar-refractivity contribution in [3.63, 3.8) is 0 Å². The van der Waals surface area contributed by atoms with E-state index in [1.54, 1.807) is 0 Å². The summed E-state index contributed by atoms with van der Waals surface area (Å²) in [5, 5.41) is 10.7. The van der Waals surface area contributed by atoms with Gasteiger partial charge in [-0.25, -0.2) is 0 Å². The van der Waals surface area contributed by atoms with Gasteiger partial charge in [0, 0.05) is 6.07 Å². The molecule has 0 heterocycles. The van der Waals surface area contributed by atoms with Crippen LogP contribution in [0.2, 0.25) is 0 Å². The van der Waals surface area contributed by atoms with E-state index in [0.29, 0.717) is 18.6 Å². The fourth-order valence-corrected chi connectivity index (χ4v) is 1.78. The average molecular weight is 265 g/mol.